The Balaban J connectivity index is 2.59. The predicted molar refractivity (Wildman–Crippen MR) is 272 cm³/mol. The lowest BCUT2D eigenvalue weighted by Gasteiger charge is -2.39. The van der Waals surface area contributed by atoms with Crippen LogP contribution in [0.4, 0.5) is 0 Å². The van der Waals surface area contributed by atoms with Crippen LogP contribution in [-0.2, 0) is 66.5 Å². The molecule has 71 heavy (non-hydrogen) atoms. The number of ether oxygens (including phenoxy) is 10. The third-order valence-electron chi connectivity index (χ3n) is 14.4. The smallest absolute Gasteiger partial charge is 0.331 e. The highest BCUT2D eigenvalue weighted by Crippen LogP contribution is 2.34. The summed E-state index contributed by atoms with van der Waals surface area (Å²) >= 11 is 0. The van der Waals surface area contributed by atoms with Crippen molar-refractivity contribution in [3.63, 3.8) is 0 Å². The van der Waals surface area contributed by atoms with E-state index in [4.69, 9.17) is 47.4 Å². The lowest BCUT2D eigenvalue weighted by atomic mass is 9.81. The van der Waals surface area contributed by atoms with E-state index >= 15 is 0 Å². The van der Waals surface area contributed by atoms with Gasteiger partial charge in [0.25, 0.3) is 0 Å². The highest BCUT2D eigenvalue weighted by atomic mass is 16.6. The molecular formula is C55H89NO15. The van der Waals surface area contributed by atoms with Crippen LogP contribution in [-0.4, -0.2) is 165 Å². The second kappa shape index (κ2) is 33.1. The number of hydrogen-bond donors (Lipinski definition) is 1. The Hall–Kier alpha value is -3.84. The zero-order valence-electron chi connectivity index (χ0n) is 45.5. The van der Waals surface area contributed by atoms with Crippen molar-refractivity contribution >= 4 is 24.1 Å². The molecule has 2 bridgehead atoms. The summed E-state index contributed by atoms with van der Waals surface area (Å²) in [5, 5.41) is 11.8. The number of methoxy groups -OCH3 is 8. The molecule has 2 rings (SSSR count). The molecule has 1 N–H and O–H groups in total. The third kappa shape index (κ3) is 19.8. The van der Waals surface area contributed by atoms with Crippen LogP contribution in [0.2, 0.25) is 0 Å². The van der Waals surface area contributed by atoms with Crippen molar-refractivity contribution in [3.05, 3.63) is 72.0 Å². The monoisotopic (exact) mass is 1000 g/mol. The second-order valence-corrected chi connectivity index (χ2v) is 19.3. The molecule has 0 aromatic heterocycles. The summed E-state index contributed by atoms with van der Waals surface area (Å²) in [7, 11) is 14.4. The van der Waals surface area contributed by atoms with E-state index in [1.807, 2.05) is 71.9 Å². The number of Topliss-reactive ketones (excluding diaryl/α,β-unsaturated/α-hetero) is 1. The summed E-state index contributed by atoms with van der Waals surface area (Å²) in [4.78, 5) is 52.9. The van der Waals surface area contributed by atoms with Gasteiger partial charge >= 0.3 is 11.9 Å². The molecule has 2 aliphatic rings. The van der Waals surface area contributed by atoms with Crippen molar-refractivity contribution in [2.75, 3.05) is 63.9 Å². The molecule has 16 nitrogen and oxygen atoms in total. The Kier molecular flexibility index (Phi) is 29.5. The first-order valence-electron chi connectivity index (χ1n) is 24.9. The van der Waals surface area contributed by atoms with E-state index in [9.17, 15) is 24.3 Å². The predicted octanol–water partition coefficient (Wildman–Crippen LogP) is 7.19. The zero-order chi connectivity index (χ0) is 53.4. The molecule has 0 fully saturated rings. The maximum Gasteiger partial charge on any atom is 0.331 e. The molecule has 0 saturated carbocycles. The van der Waals surface area contributed by atoms with Gasteiger partial charge in [-0.1, -0.05) is 89.6 Å². The van der Waals surface area contributed by atoms with E-state index in [1.54, 1.807) is 68.1 Å². The molecule has 16 heteroatoms. The van der Waals surface area contributed by atoms with Crippen LogP contribution in [0.1, 0.15) is 87.0 Å². The summed E-state index contributed by atoms with van der Waals surface area (Å²) in [6, 6.07) is 0. The number of nitrogens with zero attached hydrogens (tertiary/aromatic N) is 1. The van der Waals surface area contributed by atoms with Gasteiger partial charge < -0.3 is 57.4 Å². The van der Waals surface area contributed by atoms with Gasteiger partial charge in [-0.05, 0) is 32.1 Å². The molecule has 0 aromatic carbocycles. The van der Waals surface area contributed by atoms with Crippen molar-refractivity contribution in [1.82, 2.24) is 4.90 Å². The number of ketones is 1. The molecule has 0 saturated heterocycles. The molecule has 404 valence electrons. The van der Waals surface area contributed by atoms with Crippen LogP contribution in [0.5, 0.6) is 0 Å². The van der Waals surface area contributed by atoms with Crippen LogP contribution in [0, 0.1) is 35.5 Å². The minimum atomic E-state index is -1.22. The van der Waals surface area contributed by atoms with E-state index in [-0.39, 0.29) is 59.8 Å². The fourth-order valence-electron chi connectivity index (χ4n) is 9.73. The Morgan fingerprint density at radius 3 is 1.96 bits per heavy atom. The van der Waals surface area contributed by atoms with E-state index in [2.05, 4.69) is 6.92 Å². The van der Waals surface area contributed by atoms with Crippen molar-refractivity contribution < 1.29 is 71.7 Å². The summed E-state index contributed by atoms with van der Waals surface area (Å²) in [5.74, 6) is -2.75. The molecule has 4 unspecified atom stereocenters. The maximum atomic E-state index is 13.8. The highest BCUT2D eigenvalue weighted by Gasteiger charge is 2.43. The molecule has 2 aliphatic heterocycles. The number of allylic oxidation sites excluding steroid dienone is 2. The van der Waals surface area contributed by atoms with Crippen LogP contribution < -0.4 is 0 Å². The number of cyclic esters (lactones) is 1. The van der Waals surface area contributed by atoms with E-state index < -0.39 is 60.6 Å². The third-order valence-corrected chi connectivity index (χ3v) is 14.4. The Morgan fingerprint density at radius 2 is 1.41 bits per heavy atom. The molecule has 17 atom stereocenters. The van der Waals surface area contributed by atoms with Crippen LogP contribution in [0.3, 0.4) is 0 Å². The quantitative estimate of drug-likeness (QED) is 0.0734. The number of fused-ring (bicyclic) bond motifs is 2. The fraction of sp³-hybridized carbons (Fsp3) is 0.709. The number of esters is 2. The average Bonchev–Trinajstić information content (AvgIpc) is 3.36. The van der Waals surface area contributed by atoms with Crippen molar-refractivity contribution in [3.8, 4) is 0 Å². The first-order chi connectivity index (χ1) is 33.8. The maximum absolute atomic E-state index is 13.8. The number of carbonyl (C=O) groups is 4. The van der Waals surface area contributed by atoms with Crippen LogP contribution in [0.15, 0.2) is 72.0 Å². The normalized spacial score (nSPS) is 32.3. The Morgan fingerprint density at radius 1 is 0.803 bits per heavy atom. The largest absolute Gasteiger partial charge is 0.458 e. The number of aliphatic hydroxyl groups is 1. The molecule has 0 aliphatic carbocycles. The lowest BCUT2D eigenvalue weighted by molar-refractivity contribution is -0.162. The van der Waals surface area contributed by atoms with Gasteiger partial charge in [0.15, 0.2) is 0 Å². The second-order valence-electron chi connectivity index (χ2n) is 19.3. The van der Waals surface area contributed by atoms with E-state index in [1.165, 1.54) is 31.3 Å². The number of hydrogen-bond acceptors (Lipinski definition) is 15. The SMILES string of the molecule is COC1C=C[C@H](C)[C@@H]([C@@H](C)[C@@H](OC)[C@@H](C)CCC(=O)[C@H](C)[C@@H](C/C=C/N(C)C=O)OC)OC(=O)/C=C\C=C(/C)C[C@H](OC)C(OC)C2=CC(=O)O[C@@H]([C@H](C)C(OC)C[C@@H](OC)C=C[C@H](C)C(OC)C1)[C@H]2O. The molecule has 0 aromatic rings. The highest BCUT2D eigenvalue weighted by molar-refractivity contribution is 5.84. The fourth-order valence-corrected chi connectivity index (χ4v) is 9.73. The Labute approximate surface area is 425 Å². The molecule has 0 radical (unpaired) electrons. The summed E-state index contributed by atoms with van der Waals surface area (Å²) in [6.07, 6.45) is 14.2. The van der Waals surface area contributed by atoms with Gasteiger partial charge in [-0.15, -0.1) is 0 Å². The minimum Gasteiger partial charge on any atom is -0.458 e. The van der Waals surface area contributed by atoms with Gasteiger partial charge in [0.2, 0.25) is 6.41 Å². The molecule has 2 heterocycles. The molecule has 1 amide bonds. The van der Waals surface area contributed by atoms with Gasteiger partial charge in [0.05, 0.1) is 42.7 Å². The lowest BCUT2D eigenvalue weighted by Crippen LogP contribution is -2.50. The van der Waals surface area contributed by atoms with Gasteiger partial charge in [0, 0.05) is 137 Å². The van der Waals surface area contributed by atoms with Crippen LogP contribution >= 0.6 is 0 Å². The standard InChI is InChI=1S/C55H89NO15/c1-34-19-17-21-49(59)70-53(40(7)52(68-15)36(3)24-27-44(58)38(5)45(64-11)20-18-28-56(8)33-57)37(4)23-26-41(62-9)30-46(65-12)35(2)22-25-42(63-10)31-47(66-13)39(6)54-51(61)43(32-50(60)71-54)55(69-16)48(29-34)67-14/h17-19,21-23,25-26,28,32-33,35-42,45-48,51-55,61H,20,24,27,29-31H2,1-16H3/b21-17-,25-22?,26-23?,28-18+,34-19+/t35-,36-,37-,38-,39+,40-,41?,42-,45+,46?,47?,48-,51-,52-,53-,54-,55?/m0/s1. The van der Waals surface area contributed by atoms with E-state index in [0.29, 0.717) is 50.5 Å². The van der Waals surface area contributed by atoms with Crippen molar-refractivity contribution in [2.45, 2.75) is 154 Å². The summed E-state index contributed by atoms with van der Waals surface area (Å²) in [5.41, 5.74) is 1.15. The number of aliphatic hydroxyl groups excluding tert-OH is 1. The number of rotatable bonds is 20. The van der Waals surface area contributed by atoms with Gasteiger partial charge in [-0.25, -0.2) is 9.59 Å². The molecule has 0 spiro atoms. The first-order valence-corrected chi connectivity index (χ1v) is 24.9. The first kappa shape index (κ1) is 63.3. The number of carbonyl (C=O) groups excluding carboxylic acids is 4. The van der Waals surface area contributed by atoms with Gasteiger partial charge in [-0.3, -0.25) is 9.59 Å². The zero-order valence-corrected chi connectivity index (χ0v) is 45.5. The van der Waals surface area contributed by atoms with Crippen molar-refractivity contribution in [1.29, 1.82) is 0 Å². The summed E-state index contributed by atoms with van der Waals surface area (Å²) < 4.78 is 59.6. The summed E-state index contributed by atoms with van der Waals surface area (Å²) in [6.45, 7) is 13.7. The van der Waals surface area contributed by atoms with E-state index in [0.717, 1.165) is 5.57 Å². The topological polar surface area (TPSA) is 184 Å². The van der Waals surface area contributed by atoms with Gasteiger partial charge in [-0.2, -0.15) is 0 Å². The number of amides is 1. The van der Waals surface area contributed by atoms with Crippen LogP contribution in [0.25, 0.3) is 0 Å². The minimum absolute atomic E-state index is 0.0551. The Bertz CT molecular complexity index is 1790. The van der Waals surface area contributed by atoms with Crippen molar-refractivity contribution in [2.24, 2.45) is 35.5 Å². The van der Waals surface area contributed by atoms with Gasteiger partial charge in [0.1, 0.15) is 30.2 Å². The molecular weight excluding hydrogens is 915 g/mol. The average molecular weight is 1000 g/mol.